The van der Waals surface area contributed by atoms with E-state index in [0.717, 1.165) is 19.5 Å². The number of piperidine rings is 1. The van der Waals surface area contributed by atoms with E-state index in [9.17, 15) is 4.79 Å². The highest BCUT2D eigenvalue weighted by atomic mass is 16.1. The molecule has 1 fully saturated rings. The van der Waals surface area contributed by atoms with Crippen LogP contribution in [0.1, 0.15) is 46.5 Å². The summed E-state index contributed by atoms with van der Waals surface area (Å²) in [5, 5.41) is 3.16. The highest BCUT2D eigenvalue weighted by molar-refractivity contribution is 5.76. The van der Waals surface area contributed by atoms with E-state index in [1.165, 1.54) is 19.4 Å². The smallest absolute Gasteiger partial charge is 0.220 e. The summed E-state index contributed by atoms with van der Waals surface area (Å²) >= 11 is 0. The molecule has 3 heteroatoms. The number of likely N-dealkylation sites (tertiary alicyclic amines) is 1. The van der Waals surface area contributed by atoms with Crippen LogP contribution >= 0.6 is 0 Å². The van der Waals surface area contributed by atoms with Crippen molar-refractivity contribution >= 4 is 5.91 Å². The first-order chi connectivity index (χ1) is 7.61. The molecule has 0 aliphatic carbocycles. The number of carbonyl (C=O) groups is 1. The van der Waals surface area contributed by atoms with E-state index in [1.54, 1.807) is 0 Å². The molecule has 94 valence electrons. The fraction of sp³-hybridized carbons (Fsp3) is 0.923. The lowest BCUT2D eigenvalue weighted by Gasteiger charge is -2.33. The largest absolute Gasteiger partial charge is 0.352 e. The molecule has 0 saturated carbocycles. The summed E-state index contributed by atoms with van der Waals surface area (Å²) in [6.45, 7) is 9.78. The van der Waals surface area contributed by atoms with Crippen LogP contribution in [0.5, 0.6) is 0 Å². The minimum atomic E-state index is 0.221. The molecular weight excluding hydrogens is 200 g/mol. The van der Waals surface area contributed by atoms with Crippen molar-refractivity contribution in [1.29, 1.82) is 0 Å². The third-order valence-corrected chi connectivity index (χ3v) is 3.00. The summed E-state index contributed by atoms with van der Waals surface area (Å²) in [5.41, 5.74) is 0. The molecule has 3 nitrogen and oxygen atoms in total. The van der Waals surface area contributed by atoms with Gasteiger partial charge in [-0.2, -0.15) is 0 Å². The SMILES string of the molecule is CCCN1CCCC(NC(=O)CC(C)C)C1. The minimum Gasteiger partial charge on any atom is -0.352 e. The summed E-state index contributed by atoms with van der Waals surface area (Å²) in [4.78, 5) is 14.1. The number of carbonyl (C=O) groups excluding carboxylic acids is 1. The molecule has 0 radical (unpaired) electrons. The summed E-state index contributed by atoms with van der Waals surface area (Å²) in [5.74, 6) is 0.675. The second kappa shape index (κ2) is 6.89. The van der Waals surface area contributed by atoms with Gasteiger partial charge in [0.15, 0.2) is 0 Å². The molecular formula is C13H26N2O. The first-order valence-electron chi connectivity index (χ1n) is 6.63. The van der Waals surface area contributed by atoms with Crippen molar-refractivity contribution < 1.29 is 4.79 Å². The Kier molecular flexibility index (Phi) is 5.81. The number of nitrogens with zero attached hydrogens (tertiary/aromatic N) is 1. The zero-order chi connectivity index (χ0) is 12.0. The first kappa shape index (κ1) is 13.5. The van der Waals surface area contributed by atoms with Crippen LogP contribution in [0.25, 0.3) is 0 Å². The Labute approximate surface area is 99.6 Å². The Morgan fingerprint density at radius 1 is 1.50 bits per heavy atom. The molecule has 0 aromatic rings. The van der Waals surface area contributed by atoms with Crippen LogP contribution in [-0.4, -0.2) is 36.5 Å². The van der Waals surface area contributed by atoms with E-state index in [4.69, 9.17) is 0 Å². The molecule has 1 saturated heterocycles. The van der Waals surface area contributed by atoms with Crippen LogP contribution in [-0.2, 0) is 4.79 Å². The van der Waals surface area contributed by atoms with Crippen LogP contribution < -0.4 is 5.32 Å². The molecule has 1 atom stereocenters. The van der Waals surface area contributed by atoms with Crippen molar-refractivity contribution in [2.24, 2.45) is 5.92 Å². The van der Waals surface area contributed by atoms with Gasteiger partial charge in [-0.15, -0.1) is 0 Å². The Morgan fingerprint density at radius 3 is 2.88 bits per heavy atom. The molecule has 1 aliphatic heterocycles. The second-order valence-electron chi connectivity index (χ2n) is 5.31. The second-order valence-corrected chi connectivity index (χ2v) is 5.31. The van der Waals surface area contributed by atoms with Crippen LogP contribution in [0.2, 0.25) is 0 Å². The quantitative estimate of drug-likeness (QED) is 0.778. The van der Waals surface area contributed by atoms with Crippen LogP contribution in [0, 0.1) is 5.92 Å². The standard InChI is InChI=1S/C13H26N2O/c1-4-7-15-8-5-6-12(10-15)14-13(16)9-11(2)3/h11-12H,4-10H2,1-3H3,(H,14,16). The lowest BCUT2D eigenvalue weighted by atomic mass is 10.0. The van der Waals surface area contributed by atoms with Crippen LogP contribution in [0.15, 0.2) is 0 Å². The average Bonchev–Trinajstić information content (AvgIpc) is 2.17. The van der Waals surface area contributed by atoms with Gasteiger partial charge in [0.05, 0.1) is 0 Å². The zero-order valence-electron chi connectivity index (χ0n) is 11.0. The topological polar surface area (TPSA) is 32.3 Å². The summed E-state index contributed by atoms with van der Waals surface area (Å²) < 4.78 is 0. The molecule has 1 rings (SSSR count). The van der Waals surface area contributed by atoms with Crippen molar-refractivity contribution in [3.8, 4) is 0 Å². The maximum absolute atomic E-state index is 11.7. The third kappa shape index (κ3) is 4.97. The Bertz CT molecular complexity index is 214. The fourth-order valence-corrected chi connectivity index (χ4v) is 2.35. The maximum atomic E-state index is 11.7. The Balaban J connectivity index is 2.28. The van der Waals surface area contributed by atoms with Gasteiger partial charge in [0, 0.05) is 19.0 Å². The third-order valence-electron chi connectivity index (χ3n) is 3.00. The minimum absolute atomic E-state index is 0.221. The van der Waals surface area contributed by atoms with E-state index in [1.807, 2.05) is 0 Å². The van der Waals surface area contributed by atoms with Crippen LogP contribution in [0.3, 0.4) is 0 Å². The first-order valence-corrected chi connectivity index (χ1v) is 6.63. The number of nitrogens with one attached hydrogen (secondary N) is 1. The monoisotopic (exact) mass is 226 g/mol. The van der Waals surface area contributed by atoms with Gasteiger partial charge in [-0.1, -0.05) is 20.8 Å². The lowest BCUT2D eigenvalue weighted by molar-refractivity contribution is -0.122. The average molecular weight is 226 g/mol. The summed E-state index contributed by atoms with van der Waals surface area (Å²) in [7, 11) is 0. The maximum Gasteiger partial charge on any atom is 0.220 e. The number of hydrogen-bond acceptors (Lipinski definition) is 2. The molecule has 0 aromatic heterocycles. The van der Waals surface area contributed by atoms with E-state index in [-0.39, 0.29) is 5.91 Å². The van der Waals surface area contributed by atoms with Crippen molar-refractivity contribution in [3.05, 3.63) is 0 Å². The van der Waals surface area contributed by atoms with E-state index in [0.29, 0.717) is 18.4 Å². The summed E-state index contributed by atoms with van der Waals surface area (Å²) in [6.07, 6.45) is 4.22. The van der Waals surface area contributed by atoms with Gasteiger partial charge in [0.25, 0.3) is 0 Å². The van der Waals surface area contributed by atoms with Gasteiger partial charge in [0.1, 0.15) is 0 Å². The molecule has 16 heavy (non-hydrogen) atoms. The molecule has 0 bridgehead atoms. The Hall–Kier alpha value is -0.570. The molecule has 1 N–H and O–H groups in total. The molecule has 1 amide bonds. The number of amides is 1. The van der Waals surface area contributed by atoms with Crippen LogP contribution in [0.4, 0.5) is 0 Å². The van der Waals surface area contributed by atoms with Gasteiger partial charge in [-0.3, -0.25) is 4.79 Å². The normalized spacial score (nSPS) is 22.4. The van der Waals surface area contributed by atoms with E-state index < -0.39 is 0 Å². The molecule has 1 unspecified atom stereocenters. The van der Waals surface area contributed by atoms with Gasteiger partial charge in [-0.05, 0) is 38.3 Å². The van der Waals surface area contributed by atoms with Crippen molar-refractivity contribution in [1.82, 2.24) is 10.2 Å². The van der Waals surface area contributed by atoms with Gasteiger partial charge in [0.2, 0.25) is 5.91 Å². The molecule has 0 aromatic carbocycles. The van der Waals surface area contributed by atoms with E-state index in [2.05, 4.69) is 31.0 Å². The predicted octanol–water partition coefficient (Wildman–Crippen LogP) is 2.02. The van der Waals surface area contributed by atoms with Crippen molar-refractivity contribution in [2.75, 3.05) is 19.6 Å². The number of hydrogen-bond donors (Lipinski definition) is 1. The Morgan fingerprint density at radius 2 is 2.25 bits per heavy atom. The zero-order valence-corrected chi connectivity index (χ0v) is 11.0. The lowest BCUT2D eigenvalue weighted by Crippen LogP contribution is -2.48. The van der Waals surface area contributed by atoms with Crippen molar-refractivity contribution in [2.45, 2.75) is 52.5 Å². The highest BCUT2D eigenvalue weighted by Gasteiger charge is 2.20. The fourth-order valence-electron chi connectivity index (χ4n) is 2.35. The number of rotatable bonds is 5. The molecule has 1 aliphatic rings. The molecule has 1 heterocycles. The predicted molar refractivity (Wildman–Crippen MR) is 67.4 cm³/mol. The van der Waals surface area contributed by atoms with Gasteiger partial charge in [-0.25, -0.2) is 0 Å². The summed E-state index contributed by atoms with van der Waals surface area (Å²) in [6, 6.07) is 0.381. The van der Waals surface area contributed by atoms with Gasteiger partial charge >= 0.3 is 0 Å². The molecule has 0 spiro atoms. The van der Waals surface area contributed by atoms with Crippen molar-refractivity contribution in [3.63, 3.8) is 0 Å². The van der Waals surface area contributed by atoms with E-state index >= 15 is 0 Å². The van der Waals surface area contributed by atoms with Gasteiger partial charge < -0.3 is 10.2 Å². The highest BCUT2D eigenvalue weighted by Crippen LogP contribution is 2.11.